The molecule has 4 heteroatoms. The van der Waals surface area contributed by atoms with E-state index < -0.39 is 0 Å². The molecule has 0 amide bonds. The molecule has 0 radical (unpaired) electrons. The van der Waals surface area contributed by atoms with E-state index >= 15 is 0 Å². The normalized spacial score (nSPS) is 15.0. The summed E-state index contributed by atoms with van der Waals surface area (Å²) in [5, 5.41) is 9.92. The van der Waals surface area contributed by atoms with Crippen molar-refractivity contribution in [3.8, 4) is 17.2 Å². The second-order valence-corrected chi connectivity index (χ2v) is 3.62. The SMILES string of the molecule is Cc1c(O)cc(Cl)c2c1OCCCO2. The number of fused-ring (bicyclic) bond motifs is 1. The summed E-state index contributed by atoms with van der Waals surface area (Å²) in [6.45, 7) is 2.96. The summed E-state index contributed by atoms with van der Waals surface area (Å²) < 4.78 is 10.9. The van der Waals surface area contributed by atoms with Crippen molar-refractivity contribution in [3.63, 3.8) is 0 Å². The van der Waals surface area contributed by atoms with Crippen molar-refractivity contribution in [1.29, 1.82) is 0 Å². The molecule has 76 valence electrons. The highest BCUT2D eigenvalue weighted by Gasteiger charge is 2.19. The first-order chi connectivity index (χ1) is 6.70. The van der Waals surface area contributed by atoms with Crippen LogP contribution in [0.15, 0.2) is 6.07 Å². The third-order valence-electron chi connectivity index (χ3n) is 2.19. The van der Waals surface area contributed by atoms with Gasteiger partial charge < -0.3 is 14.6 Å². The molecule has 0 aliphatic carbocycles. The van der Waals surface area contributed by atoms with E-state index in [1.165, 1.54) is 6.07 Å². The molecule has 0 spiro atoms. The topological polar surface area (TPSA) is 38.7 Å². The van der Waals surface area contributed by atoms with E-state index in [1.807, 2.05) is 0 Å². The Hall–Kier alpha value is -1.09. The summed E-state index contributed by atoms with van der Waals surface area (Å²) in [4.78, 5) is 0. The average molecular weight is 215 g/mol. The molecule has 3 nitrogen and oxygen atoms in total. The minimum absolute atomic E-state index is 0.138. The zero-order chi connectivity index (χ0) is 10.1. The third-order valence-corrected chi connectivity index (χ3v) is 2.47. The highest BCUT2D eigenvalue weighted by Crippen LogP contribution is 2.43. The molecular weight excluding hydrogens is 204 g/mol. The number of rotatable bonds is 0. The van der Waals surface area contributed by atoms with E-state index in [0.29, 0.717) is 35.3 Å². The fourth-order valence-electron chi connectivity index (χ4n) is 1.40. The standard InChI is InChI=1S/C10H11ClO3/c1-6-8(12)5-7(11)10-9(6)13-3-2-4-14-10/h5,12H,2-4H2,1H3. The molecule has 0 unspecified atom stereocenters. The number of phenols is 1. The van der Waals surface area contributed by atoms with Gasteiger partial charge in [-0.3, -0.25) is 0 Å². The molecule has 2 rings (SSSR count). The van der Waals surface area contributed by atoms with Crippen LogP contribution in [0.25, 0.3) is 0 Å². The second-order valence-electron chi connectivity index (χ2n) is 3.21. The van der Waals surface area contributed by atoms with Crippen LogP contribution in [0.3, 0.4) is 0 Å². The number of halogens is 1. The first-order valence-corrected chi connectivity index (χ1v) is 4.85. The molecule has 0 saturated carbocycles. The Balaban J connectivity index is 2.57. The summed E-state index contributed by atoms with van der Waals surface area (Å²) in [6.07, 6.45) is 0.825. The van der Waals surface area contributed by atoms with E-state index in [4.69, 9.17) is 21.1 Å². The van der Waals surface area contributed by atoms with Crippen molar-refractivity contribution in [1.82, 2.24) is 0 Å². The van der Waals surface area contributed by atoms with Crippen LogP contribution in [-0.4, -0.2) is 18.3 Å². The minimum Gasteiger partial charge on any atom is -0.507 e. The molecule has 1 aliphatic rings. The van der Waals surface area contributed by atoms with Crippen LogP contribution in [0.2, 0.25) is 5.02 Å². The van der Waals surface area contributed by atoms with Crippen LogP contribution in [0.5, 0.6) is 17.2 Å². The number of aromatic hydroxyl groups is 1. The molecule has 0 atom stereocenters. The lowest BCUT2D eigenvalue weighted by Gasteiger charge is -2.12. The molecule has 1 aromatic carbocycles. The Morgan fingerprint density at radius 3 is 2.64 bits per heavy atom. The highest BCUT2D eigenvalue weighted by molar-refractivity contribution is 6.32. The largest absolute Gasteiger partial charge is 0.507 e. The van der Waals surface area contributed by atoms with Gasteiger partial charge in [0.25, 0.3) is 0 Å². The molecule has 0 saturated heterocycles. The van der Waals surface area contributed by atoms with Crippen LogP contribution in [0, 0.1) is 6.92 Å². The van der Waals surface area contributed by atoms with Crippen molar-refractivity contribution >= 4 is 11.6 Å². The van der Waals surface area contributed by atoms with Gasteiger partial charge in [-0.15, -0.1) is 0 Å². The minimum atomic E-state index is 0.138. The molecule has 1 N–H and O–H groups in total. The van der Waals surface area contributed by atoms with Gasteiger partial charge in [0.15, 0.2) is 11.5 Å². The highest BCUT2D eigenvalue weighted by atomic mass is 35.5. The predicted molar refractivity (Wildman–Crippen MR) is 53.5 cm³/mol. The zero-order valence-electron chi connectivity index (χ0n) is 7.84. The van der Waals surface area contributed by atoms with Gasteiger partial charge in [-0.25, -0.2) is 0 Å². The van der Waals surface area contributed by atoms with Gasteiger partial charge >= 0.3 is 0 Å². The van der Waals surface area contributed by atoms with Gasteiger partial charge in [0.1, 0.15) is 5.75 Å². The quantitative estimate of drug-likeness (QED) is 0.721. The van der Waals surface area contributed by atoms with E-state index in [9.17, 15) is 5.11 Å². The monoisotopic (exact) mass is 214 g/mol. The summed E-state index contributed by atoms with van der Waals surface area (Å²) in [6, 6.07) is 1.48. The lowest BCUT2D eigenvalue weighted by atomic mass is 10.2. The first-order valence-electron chi connectivity index (χ1n) is 4.48. The fourth-order valence-corrected chi connectivity index (χ4v) is 1.65. The van der Waals surface area contributed by atoms with Crippen LogP contribution in [0.4, 0.5) is 0 Å². The van der Waals surface area contributed by atoms with Crippen molar-refractivity contribution in [2.75, 3.05) is 13.2 Å². The van der Waals surface area contributed by atoms with Crippen molar-refractivity contribution in [3.05, 3.63) is 16.7 Å². The third kappa shape index (κ3) is 1.48. The van der Waals surface area contributed by atoms with Gasteiger partial charge in [-0.05, 0) is 6.92 Å². The van der Waals surface area contributed by atoms with Crippen molar-refractivity contribution < 1.29 is 14.6 Å². The van der Waals surface area contributed by atoms with Gasteiger partial charge in [-0.1, -0.05) is 11.6 Å². The predicted octanol–water partition coefficient (Wildman–Crippen LogP) is 2.52. The lowest BCUT2D eigenvalue weighted by Crippen LogP contribution is -1.97. The maximum Gasteiger partial charge on any atom is 0.180 e. The molecule has 14 heavy (non-hydrogen) atoms. The summed E-state index contributed by atoms with van der Waals surface area (Å²) in [5.41, 5.74) is 0.673. The summed E-state index contributed by atoms with van der Waals surface area (Å²) in [7, 11) is 0. The van der Waals surface area contributed by atoms with E-state index in [2.05, 4.69) is 0 Å². The average Bonchev–Trinajstić information content (AvgIpc) is 2.39. The molecule has 0 aromatic heterocycles. The van der Waals surface area contributed by atoms with E-state index in [-0.39, 0.29) is 5.75 Å². The van der Waals surface area contributed by atoms with Gasteiger partial charge in [-0.2, -0.15) is 0 Å². The van der Waals surface area contributed by atoms with Crippen LogP contribution in [-0.2, 0) is 0 Å². The summed E-state index contributed by atoms with van der Waals surface area (Å²) >= 11 is 5.93. The number of hydrogen-bond donors (Lipinski definition) is 1. The molecule has 0 fully saturated rings. The van der Waals surface area contributed by atoms with Gasteiger partial charge in [0.2, 0.25) is 0 Å². The Labute approximate surface area is 87.2 Å². The lowest BCUT2D eigenvalue weighted by molar-refractivity contribution is 0.296. The van der Waals surface area contributed by atoms with Crippen LogP contribution in [0.1, 0.15) is 12.0 Å². The van der Waals surface area contributed by atoms with Crippen molar-refractivity contribution in [2.45, 2.75) is 13.3 Å². The second kappa shape index (κ2) is 3.58. The molecule has 1 aromatic rings. The van der Waals surface area contributed by atoms with E-state index in [1.54, 1.807) is 6.92 Å². The zero-order valence-corrected chi connectivity index (χ0v) is 8.60. The van der Waals surface area contributed by atoms with E-state index in [0.717, 1.165) is 6.42 Å². The van der Waals surface area contributed by atoms with Crippen LogP contribution >= 0.6 is 11.6 Å². The van der Waals surface area contributed by atoms with Crippen LogP contribution < -0.4 is 9.47 Å². The number of phenolic OH excluding ortho intramolecular Hbond substituents is 1. The smallest absolute Gasteiger partial charge is 0.180 e. The summed E-state index contributed by atoms with van der Waals surface area (Å²) in [5.74, 6) is 1.24. The fraction of sp³-hybridized carbons (Fsp3) is 0.400. The maximum atomic E-state index is 9.53. The van der Waals surface area contributed by atoms with Crippen molar-refractivity contribution in [2.24, 2.45) is 0 Å². The number of benzene rings is 1. The first kappa shape index (κ1) is 9.46. The number of hydrogen-bond acceptors (Lipinski definition) is 3. The van der Waals surface area contributed by atoms with Gasteiger partial charge in [0, 0.05) is 18.1 Å². The Kier molecular flexibility index (Phi) is 2.42. The molecule has 1 aliphatic heterocycles. The molecule has 1 heterocycles. The Morgan fingerprint density at radius 1 is 1.29 bits per heavy atom. The van der Waals surface area contributed by atoms with Gasteiger partial charge in [0.05, 0.1) is 18.2 Å². The Bertz CT molecular complexity index is 363. The Morgan fingerprint density at radius 2 is 1.93 bits per heavy atom. The maximum absolute atomic E-state index is 9.53. The molecular formula is C10H11ClO3. The molecule has 0 bridgehead atoms. The number of ether oxygens (including phenoxy) is 2.